The van der Waals surface area contributed by atoms with Crippen LogP contribution in [0.4, 0.5) is 11.4 Å². The summed E-state index contributed by atoms with van der Waals surface area (Å²) in [4.78, 5) is 17.6. The van der Waals surface area contributed by atoms with Crippen LogP contribution in [-0.4, -0.2) is 43.5 Å². The third-order valence-electron chi connectivity index (χ3n) is 5.74. The molecule has 0 aromatic heterocycles. The van der Waals surface area contributed by atoms with E-state index in [1.165, 1.54) is 5.69 Å². The number of piperazine rings is 1. The molecule has 0 aliphatic carbocycles. The monoisotopic (exact) mass is 415 g/mol. The van der Waals surface area contributed by atoms with Gasteiger partial charge in [0.1, 0.15) is 11.5 Å². The van der Waals surface area contributed by atoms with Gasteiger partial charge in [-0.3, -0.25) is 4.79 Å². The van der Waals surface area contributed by atoms with Gasteiger partial charge in [-0.25, -0.2) is 0 Å². The van der Waals surface area contributed by atoms with Gasteiger partial charge in [-0.15, -0.1) is 0 Å². The number of ether oxygens (including phenoxy) is 1. The molecular weight excluding hydrogens is 386 g/mol. The molecule has 0 atom stereocenters. The summed E-state index contributed by atoms with van der Waals surface area (Å²) in [5.74, 6) is 1.34. The summed E-state index contributed by atoms with van der Waals surface area (Å²) in [7, 11) is 0. The van der Waals surface area contributed by atoms with Crippen LogP contribution in [0, 0.1) is 6.92 Å². The summed E-state index contributed by atoms with van der Waals surface area (Å²) in [6.07, 6.45) is 0. The number of hydrogen-bond acceptors (Lipinski definition) is 4. The standard InChI is InChI=1S/C26H29N3O2/c1-3-28-15-17-29(18-16-28)22-11-14-25(20(2)19-22)27-26(30)21-9-12-24(13-10-21)31-23-7-5-4-6-8-23/h4-14,19H,3,15-18H2,1-2H3,(H,27,30). The summed E-state index contributed by atoms with van der Waals surface area (Å²) >= 11 is 0. The van der Waals surface area contributed by atoms with Crippen LogP contribution in [0.2, 0.25) is 0 Å². The summed E-state index contributed by atoms with van der Waals surface area (Å²) in [6.45, 7) is 9.62. The minimum Gasteiger partial charge on any atom is -0.457 e. The molecule has 0 spiro atoms. The minimum absolute atomic E-state index is 0.126. The van der Waals surface area contributed by atoms with Crippen LogP contribution in [0.3, 0.4) is 0 Å². The van der Waals surface area contributed by atoms with E-state index in [0.29, 0.717) is 11.3 Å². The van der Waals surface area contributed by atoms with Gasteiger partial charge in [0.15, 0.2) is 0 Å². The number of aryl methyl sites for hydroxylation is 1. The molecule has 5 heteroatoms. The van der Waals surface area contributed by atoms with Crippen molar-refractivity contribution in [3.05, 3.63) is 83.9 Å². The molecule has 1 fully saturated rings. The average molecular weight is 416 g/mol. The highest BCUT2D eigenvalue weighted by molar-refractivity contribution is 6.04. The fourth-order valence-electron chi connectivity index (χ4n) is 3.80. The molecule has 160 valence electrons. The van der Waals surface area contributed by atoms with Crippen molar-refractivity contribution < 1.29 is 9.53 Å². The van der Waals surface area contributed by atoms with Gasteiger partial charge in [0.05, 0.1) is 0 Å². The summed E-state index contributed by atoms with van der Waals surface area (Å²) in [5.41, 5.74) is 3.71. The van der Waals surface area contributed by atoms with E-state index in [9.17, 15) is 4.79 Å². The minimum atomic E-state index is -0.126. The van der Waals surface area contributed by atoms with E-state index in [-0.39, 0.29) is 5.91 Å². The van der Waals surface area contributed by atoms with Crippen molar-refractivity contribution in [2.75, 3.05) is 42.9 Å². The molecular formula is C26H29N3O2. The van der Waals surface area contributed by atoms with Gasteiger partial charge in [-0.1, -0.05) is 25.1 Å². The van der Waals surface area contributed by atoms with Gasteiger partial charge in [0.25, 0.3) is 5.91 Å². The number of likely N-dealkylation sites (N-methyl/N-ethyl adjacent to an activating group) is 1. The second kappa shape index (κ2) is 9.67. The molecule has 0 unspecified atom stereocenters. The lowest BCUT2D eigenvalue weighted by molar-refractivity contribution is 0.102. The Morgan fingerprint density at radius 1 is 0.903 bits per heavy atom. The smallest absolute Gasteiger partial charge is 0.255 e. The molecule has 4 rings (SSSR count). The van der Waals surface area contributed by atoms with Gasteiger partial charge < -0.3 is 19.9 Å². The molecule has 5 nitrogen and oxygen atoms in total. The fraction of sp³-hybridized carbons (Fsp3) is 0.269. The quantitative estimate of drug-likeness (QED) is 0.602. The lowest BCUT2D eigenvalue weighted by atomic mass is 10.1. The third-order valence-corrected chi connectivity index (χ3v) is 5.74. The van der Waals surface area contributed by atoms with Gasteiger partial charge in [-0.2, -0.15) is 0 Å². The Bertz CT molecular complexity index is 1010. The molecule has 1 aliphatic heterocycles. The van der Waals surface area contributed by atoms with Crippen LogP contribution in [0.15, 0.2) is 72.8 Å². The molecule has 1 heterocycles. The molecule has 0 saturated carbocycles. The zero-order chi connectivity index (χ0) is 21.6. The van der Waals surface area contributed by atoms with Crippen molar-refractivity contribution in [3.63, 3.8) is 0 Å². The molecule has 0 bridgehead atoms. The van der Waals surface area contributed by atoms with Crippen LogP contribution < -0.4 is 15.0 Å². The first kappa shape index (κ1) is 20.9. The normalized spacial score (nSPS) is 14.3. The molecule has 3 aromatic carbocycles. The maximum atomic E-state index is 12.7. The number of benzene rings is 3. The zero-order valence-corrected chi connectivity index (χ0v) is 18.2. The number of para-hydroxylation sites is 1. The van der Waals surface area contributed by atoms with Crippen molar-refractivity contribution in [1.29, 1.82) is 0 Å². The largest absolute Gasteiger partial charge is 0.457 e. The number of hydrogen-bond donors (Lipinski definition) is 1. The predicted octanol–water partition coefficient (Wildman–Crippen LogP) is 5.18. The first-order chi connectivity index (χ1) is 15.1. The van der Waals surface area contributed by atoms with Crippen LogP contribution >= 0.6 is 0 Å². The molecule has 1 N–H and O–H groups in total. The highest BCUT2D eigenvalue weighted by atomic mass is 16.5. The van der Waals surface area contributed by atoms with Crippen molar-refractivity contribution in [1.82, 2.24) is 4.90 Å². The van der Waals surface area contributed by atoms with Gasteiger partial charge in [0, 0.05) is 43.1 Å². The Balaban J connectivity index is 1.38. The maximum absolute atomic E-state index is 12.7. The first-order valence-electron chi connectivity index (χ1n) is 10.8. The van der Waals surface area contributed by atoms with Crippen molar-refractivity contribution >= 4 is 17.3 Å². The lowest BCUT2D eigenvalue weighted by Gasteiger charge is -2.35. The van der Waals surface area contributed by atoms with Gasteiger partial charge in [-0.05, 0) is 73.6 Å². The van der Waals surface area contributed by atoms with Crippen LogP contribution in [-0.2, 0) is 0 Å². The third kappa shape index (κ3) is 5.25. The lowest BCUT2D eigenvalue weighted by Crippen LogP contribution is -2.46. The van der Waals surface area contributed by atoms with Crippen molar-refractivity contribution in [2.45, 2.75) is 13.8 Å². The molecule has 1 aliphatic rings. The SMILES string of the molecule is CCN1CCN(c2ccc(NC(=O)c3ccc(Oc4ccccc4)cc3)c(C)c2)CC1. The number of nitrogens with zero attached hydrogens (tertiary/aromatic N) is 2. The molecule has 3 aromatic rings. The molecule has 0 radical (unpaired) electrons. The first-order valence-corrected chi connectivity index (χ1v) is 10.8. The van der Waals surface area contributed by atoms with Gasteiger partial charge in [0.2, 0.25) is 0 Å². The molecule has 1 amide bonds. The Morgan fingerprint density at radius 3 is 2.23 bits per heavy atom. The Morgan fingerprint density at radius 2 is 1.58 bits per heavy atom. The zero-order valence-electron chi connectivity index (χ0n) is 18.2. The summed E-state index contributed by atoms with van der Waals surface area (Å²) in [6, 6.07) is 23.0. The Labute approximate surface area is 184 Å². The number of anilines is 2. The van der Waals surface area contributed by atoms with Crippen LogP contribution in [0.25, 0.3) is 0 Å². The van der Waals surface area contributed by atoms with E-state index in [2.05, 4.69) is 34.2 Å². The topological polar surface area (TPSA) is 44.8 Å². The Hall–Kier alpha value is -3.31. The molecule has 31 heavy (non-hydrogen) atoms. The van der Waals surface area contributed by atoms with Crippen LogP contribution in [0.1, 0.15) is 22.8 Å². The average Bonchev–Trinajstić information content (AvgIpc) is 2.81. The van der Waals surface area contributed by atoms with E-state index in [1.807, 2.05) is 55.5 Å². The number of carbonyl (C=O) groups is 1. The van der Waals surface area contributed by atoms with E-state index in [4.69, 9.17) is 4.74 Å². The number of carbonyl (C=O) groups excluding carboxylic acids is 1. The number of nitrogens with one attached hydrogen (secondary N) is 1. The van der Waals surface area contributed by atoms with Crippen molar-refractivity contribution in [2.24, 2.45) is 0 Å². The Kier molecular flexibility index (Phi) is 6.53. The van der Waals surface area contributed by atoms with Gasteiger partial charge >= 0.3 is 0 Å². The highest BCUT2D eigenvalue weighted by Crippen LogP contribution is 2.25. The van der Waals surface area contributed by atoms with E-state index in [0.717, 1.165) is 49.7 Å². The number of amides is 1. The summed E-state index contributed by atoms with van der Waals surface area (Å²) in [5, 5.41) is 3.04. The van der Waals surface area contributed by atoms with E-state index < -0.39 is 0 Å². The predicted molar refractivity (Wildman–Crippen MR) is 126 cm³/mol. The second-order valence-corrected chi connectivity index (χ2v) is 7.81. The molecule has 1 saturated heterocycles. The highest BCUT2D eigenvalue weighted by Gasteiger charge is 2.17. The van der Waals surface area contributed by atoms with Crippen LogP contribution in [0.5, 0.6) is 11.5 Å². The fourth-order valence-corrected chi connectivity index (χ4v) is 3.80. The summed E-state index contributed by atoms with van der Waals surface area (Å²) < 4.78 is 5.80. The van der Waals surface area contributed by atoms with E-state index >= 15 is 0 Å². The number of rotatable bonds is 6. The van der Waals surface area contributed by atoms with Crippen molar-refractivity contribution in [3.8, 4) is 11.5 Å². The maximum Gasteiger partial charge on any atom is 0.255 e. The van der Waals surface area contributed by atoms with E-state index in [1.54, 1.807) is 12.1 Å². The second-order valence-electron chi connectivity index (χ2n) is 7.81.